The molecule has 4 unspecified atom stereocenters. The lowest BCUT2D eigenvalue weighted by molar-refractivity contribution is 0.296. The van der Waals surface area contributed by atoms with Crippen molar-refractivity contribution < 1.29 is 0 Å². The third-order valence-electron chi connectivity index (χ3n) is 6.35. The molecule has 6 aliphatic carbocycles. The Kier molecular flexibility index (Phi) is 0.785. The van der Waals surface area contributed by atoms with Gasteiger partial charge in [0.05, 0.1) is 0 Å². The number of benzene rings is 1. The minimum atomic E-state index is 0.565. The highest BCUT2D eigenvalue weighted by Crippen LogP contribution is 2.76. The first kappa shape index (κ1) is 7.32. The summed E-state index contributed by atoms with van der Waals surface area (Å²) >= 11 is 0. The van der Waals surface area contributed by atoms with Gasteiger partial charge in [-0.3, -0.25) is 0 Å². The van der Waals surface area contributed by atoms with Crippen molar-refractivity contribution in [3.05, 3.63) is 40.0 Å². The van der Waals surface area contributed by atoms with Crippen LogP contribution in [0.4, 0.5) is 0 Å². The third kappa shape index (κ3) is 0.439. The monoisotopic (exact) mass is 206 g/mol. The SMILES string of the molecule is CC1CC23CC4c5cc2c2cc5C4CC1=C23. The van der Waals surface area contributed by atoms with Crippen molar-refractivity contribution in [1.82, 2.24) is 0 Å². The Morgan fingerprint density at radius 2 is 2.00 bits per heavy atom. The quantitative estimate of drug-likeness (QED) is 0.607. The molecule has 0 saturated heterocycles. The second-order valence-electron chi connectivity index (χ2n) is 6.74. The van der Waals surface area contributed by atoms with Gasteiger partial charge in [0.25, 0.3) is 0 Å². The Hall–Kier alpha value is -1.04. The first-order valence-corrected chi connectivity index (χ1v) is 6.72. The molecule has 0 aromatic heterocycles. The Bertz CT molecular complexity index is 634. The summed E-state index contributed by atoms with van der Waals surface area (Å²) in [4.78, 5) is 0. The summed E-state index contributed by atoms with van der Waals surface area (Å²) < 4.78 is 0. The lowest BCUT2D eigenvalue weighted by Gasteiger charge is -2.55. The van der Waals surface area contributed by atoms with Crippen LogP contribution in [0.5, 0.6) is 0 Å². The summed E-state index contributed by atoms with van der Waals surface area (Å²) in [6, 6.07) is 5.14. The smallest absolute Gasteiger partial charge is 0.0226 e. The van der Waals surface area contributed by atoms with Crippen LogP contribution in [0.3, 0.4) is 0 Å². The zero-order valence-electron chi connectivity index (χ0n) is 9.51. The first-order chi connectivity index (χ1) is 7.79. The molecule has 0 nitrogen and oxygen atoms in total. The number of allylic oxidation sites excluding steroid dienone is 2. The normalized spacial score (nSPS) is 46.9. The van der Waals surface area contributed by atoms with Crippen molar-refractivity contribution in [2.24, 2.45) is 5.92 Å². The zero-order chi connectivity index (χ0) is 10.2. The second kappa shape index (κ2) is 1.72. The second-order valence-corrected chi connectivity index (χ2v) is 6.74. The molecule has 9 bridgehead atoms. The summed E-state index contributed by atoms with van der Waals surface area (Å²) in [5, 5.41) is 0. The average Bonchev–Trinajstić information content (AvgIpc) is 2.40. The van der Waals surface area contributed by atoms with Crippen molar-refractivity contribution in [3.8, 4) is 0 Å². The predicted molar refractivity (Wildman–Crippen MR) is 63.5 cm³/mol. The van der Waals surface area contributed by atoms with Crippen molar-refractivity contribution in [1.29, 1.82) is 0 Å². The van der Waals surface area contributed by atoms with E-state index in [9.17, 15) is 0 Å². The molecule has 0 saturated carbocycles. The van der Waals surface area contributed by atoms with Gasteiger partial charge in [-0.2, -0.15) is 0 Å². The highest BCUT2D eigenvalue weighted by Gasteiger charge is 2.63. The summed E-state index contributed by atoms with van der Waals surface area (Å²) in [5.41, 5.74) is 11.1. The van der Waals surface area contributed by atoms with Gasteiger partial charge in [0, 0.05) is 5.41 Å². The fraction of sp³-hybridized carbons (Fsp3) is 0.500. The molecule has 0 N–H and O–H groups in total. The Morgan fingerprint density at radius 3 is 2.94 bits per heavy atom. The van der Waals surface area contributed by atoms with Crippen molar-refractivity contribution in [2.45, 2.75) is 43.4 Å². The molecule has 16 heavy (non-hydrogen) atoms. The van der Waals surface area contributed by atoms with Gasteiger partial charge < -0.3 is 0 Å². The fourth-order valence-electron chi connectivity index (χ4n) is 5.85. The molecule has 0 aliphatic heterocycles. The van der Waals surface area contributed by atoms with Crippen molar-refractivity contribution in [2.75, 3.05) is 0 Å². The van der Waals surface area contributed by atoms with Gasteiger partial charge in [0.15, 0.2) is 0 Å². The van der Waals surface area contributed by atoms with E-state index >= 15 is 0 Å². The molecule has 1 spiro atoms. The molecule has 78 valence electrons. The van der Waals surface area contributed by atoms with E-state index in [-0.39, 0.29) is 0 Å². The van der Waals surface area contributed by atoms with Gasteiger partial charge in [0.1, 0.15) is 0 Å². The predicted octanol–water partition coefficient (Wildman–Crippen LogP) is 3.72. The van der Waals surface area contributed by atoms with E-state index in [0.29, 0.717) is 5.41 Å². The Labute approximate surface area is 95.4 Å². The molecule has 0 heteroatoms. The Morgan fingerprint density at radius 1 is 1.12 bits per heavy atom. The fourth-order valence-corrected chi connectivity index (χ4v) is 5.85. The lowest BCUT2D eigenvalue weighted by atomic mass is 9.47. The van der Waals surface area contributed by atoms with Crippen LogP contribution in [0, 0.1) is 5.92 Å². The molecule has 0 amide bonds. The standard InChI is InChI=1S/C16H14/c1-7-5-16-6-13-10-2-8(7)15(16)12-3-9(10)11(13)4-14(12)16/h3-4,7,10,13H,2,5-6H2,1H3. The van der Waals surface area contributed by atoms with E-state index < -0.39 is 0 Å². The molecule has 4 atom stereocenters. The van der Waals surface area contributed by atoms with E-state index in [1.54, 1.807) is 22.3 Å². The average molecular weight is 206 g/mol. The molecule has 7 rings (SSSR count). The van der Waals surface area contributed by atoms with Gasteiger partial charge in [0.2, 0.25) is 0 Å². The molecule has 1 aromatic carbocycles. The van der Waals surface area contributed by atoms with E-state index in [1.807, 2.05) is 11.1 Å². The van der Waals surface area contributed by atoms with Gasteiger partial charge in [-0.05, 0) is 64.8 Å². The lowest BCUT2D eigenvalue weighted by Crippen LogP contribution is -2.44. The highest BCUT2D eigenvalue weighted by molar-refractivity contribution is 5.95. The first-order valence-electron chi connectivity index (χ1n) is 6.72. The van der Waals surface area contributed by atoms with Crippen LogP contribution >= 0.6 is 0 Å². The van der Waals surface area contributed by atoms with Gasteiger partial charge >= 0.3 is 0 Å². The van der Waals surface area contributed by atoms with Crippen LogP contribution < -0.4 is 0 Å². The molecule has 1 aromatic rings. The van der Waals surface area contributed by atoms with E-state index in [1.165, 1.54) is 19.3 Å². The molecular weight excluding hydrogens is 192 g/mol. The maximum Gasteiger partial charge on any atom is 0.0226 e. The minimum Gasteiger partial charge on any atom is -0.0620 e. The maximum atomic E-state index is 2.58. The van der Waals surface area contributed by atoms with Crippen LogP contribution in [0.1, 0.15) is 60.3 Å². The number of hydrogen-bond acceptors (Lipinski definition) is 0. The summed E-state index contributed by atoms with van der Waals surface area (Å²) in [6.07, 6.45) is 4.32. The number of rotatable bonds is 0. The van der Waals surface area contributed by atoms with Crippen LogP contribution in [0.2, 0.25) is 0 Å². The number of hydrogen-bond donors (Lipinski definition) is 0. The largest absolute Gasteiger partial charge is 0.0620 e. The van der Waals surface area contributed by atoms with Crippen LogP contribution in [0.25, 0.3) is 5.57 Å². The molecular formula is C16H14. The van der Waals surface area contributed by atoms with Crippen LogP contribution in [-0.4, -0.2) is 0 Å². The highest BCUT2D eigenvalue weighted by atomic mass is 14.7. The molecule has 0 radical (unpaired) electrons. The topological polar surface area (TPSA) is 0 Å². The van der Waals surface area contributed by atoms with Gasteiger partial charge in [-0.1, -0.05) is 24.6 Å². The minimum absolute atomic E-state index is 0.565. The van der Waals surface area contributed by atoms with Crippen molar-refractivity contribution >= 4 is 5.57 Å². The van der Waals surface area contributed by atoms with E-state index in [2.05, 4.69) is 19.1 Å². The van der Waals surface area contributed by atoms with Crippen molar-refractivity contribution in [3.63, 3.8) is 0 Å². The third-order valence-corrected chi connectivity index (χ3v) is 6.35. The summed E-state index contributed by atoms with van der Waals surface area (Å²) in [6.45, 7) is 2.47. The van der Waals surface area contributed by atoms with Crippen LogP contribution in [0.15, 0.2) is 17.7 Å². The summed E-state index contributed by atoms with van der Waals surface area (Å²) in [7, 11) is 0. The molecule has 0 fully saturated rings. The Balaban J connectivity index is 1.90. The zero-order valence-corrected chi connectivity index (χ0v) is 9.51. The van der Waals surface area contributed by atoms with Crippen LogP contribution in [-0.2, 0) is 5.41 Å². The van der Waals surface area contributed by atoms with Gasteiger partial charge in [-0.25, -0.2) is 0 Å². The van der Waals surface area contributed by atoms with E-state index in [0.717, 1.165) is 17.8 Å². The van der Waals surface area contributed by atoms with Gasteiger partial charge in [-0.15, -0.1) is 0 Å². The molecule has 0 heterocycles. The maximum absolute atomic E-state index is 2.58. The van der Waals surface area contributed by atoms with E-state index in [4.69, 9.17) is 0 Å². The summed E-state index contributed by atoms with van der Waals surface area (Å²) in [5.74, 6) is 2.73. The molecule has 6 aliphatic rings.